The van der Waals surface area contributed by atoms with Gasteiger partial charge < -0.3 is 10.4 Å². The Bertz CT molecular complexity index is 1060. The van der Waals surface area contributed by atoms with Crippen molar-refractivity contribution in [1.82, 2.24) is 5.32 Å². The second kappa shape index (κ2) is 7.56. The van der Waals surface area contributed by atoms with Gasteiger partial charge in [0.1, 0.15) is 17.3 Å². The quantitative estimate of drug-likeness (QED) is 0.633. The number of carbonyl (C=O) groups excluding carboxylic acids is 1. The molecular formula is C21H15F3N2O2. The number of phenols is 1. The van der Waals surface area contributed by atoms with Crippen LogP contribution >= 0.6 is 0 Å². The van der Waals surface area contributed by atoms with Gasteiger partial charge in [-0.05, 0) is 42.1 Å². The van der Waals surface area contributed by atoms with Crippen molar-refractivity contribution in [1.29, 1.82) is 0 Å². The fourth-order valence-corrected chi connectivity index (χ4v) is 2.99. The molecule has 7 heteroatoms. The van der Waals surface area contributed by atoms with Gasteiger partial charge in [-0.25, -0.2) is 13.2 Å². The van der Waals surface area contributed by atoms with Crippen molar-refractivity contribution >= 4 is 18.3 Å². The van der Waals surface area contributed by atoms with Gasteiger partial charge >= 0.3 is 0 Å². The lowest BCUT2D eigenvalue weighted by molar-refractivity contribution is 0.0964. The molecule has 0 aromatic heterocycles. The smallest absolute Gasteiger partial charge is 0.254 e. The number of nitrogens with one attached hydrogen (secondary N) is 1. The van der Waals surface area contributed by atoms with Gasteiger partial charge in [0.25, 0.3) is 5.91 Å². The van der Waals surface area contributed by atoms with Gasteiger partial charge in [-0.2, -0.15) is 0 Å². The molecule has 0 aliphatic rings. The van der Waals surface area contributed by atoms with Crippen molar-refractivity contribution in [3.05, 3.63) is 71.5 Å². The standard InChI is InChI=1S/C21H15F3N2O2/c1-25-19-17(21(28)26-2)15(11-3-7-13(22)8-4-11)16(18(24)20(19)27)12-5-9-14(23)10-6-12/h3-10,27H,1H2,2H3,(H,26,28). The number of nitrogens with zero attached hydrogens (tertiary/aromatic N) is 1. The first kappa shape index (κ1) is 19.2. The molecule has 4 nitrogen and oxygen atoms in total. The van der Waals surface area contributed by atoms with Crippen LogP contribution in [0.2, 0.25) is 0 Å². The summed E-state index contributed by atoms with van der Waals surface area (Å²) in [7, 11) is 1.36. The first-order chi connectivity index (χ1) is 13.4. The highest BCUT2D eigenvalue weighted by Gasteiger charge is 2.29. The van der Waals surface area contributed by atoms with E-state index in [2.05, 4.69) is 17.0 Å². The number of phenolic OH excluding ortho intramolecular Hbond substituents is 1. The van der Waals surface area contributed by atoms with E-state index in [1.165, 1.54) is 31.3 Å². The molecule has 0 saturated carbocycles. The van der Waals surface area contributed by atoms with Gasteiger partial charge in [-0.15, -0.1) is 0 Å². The Labute approximate surface area is 159 Å². The van der Waals surface area contributed by atoms with Crippen LogP contribution in [0.3, 0.4) is 0 Å². The second-order valence-corrected chi connectivity index (χ2v) is 5.89. The van der Waals surface area contributed by atoms with Crippen molar-refractivity contribution in [3.63, 3.8) is 0 Å². The van der Waals surface area contributed by atoms with Gasteiger partial charge in [0.05, 0.1) is 5.56 Å². The summed E-state index contributed by atoms with van der Waals surface area (Å²) in [5.41, 5.74) is -0.0273. The predicted molar refractivity (Wildman–Crippen MR) is 101 cm³/mol. The Kier molecular flexibility index (Phi) is 5.17. The summed E-state index contributed by atoms with van der Waals surface area (Å²) in [4.78, 5) is 16.2. The number of hydrogen-bond acceptors (Lipinski definition) is 3. The molecular weight excluding hydrogens is 369 g/mol. The number of carbonyl (C=O) groups is 1. The summed E-state index contributed by atoms with van der Waals surface area (Å²) in [6.45, 7) is 3.31. The number of amides is 1. The molecule has 3 aromatic rings. The fraction of sp³-hybridized carbons (Fsp3) is 0.0476. The lowest BCUT2D eigenvalue weighted by Crippen LogP contribution is -2.20. The lowest BCUT2D eigenvalue weighted by atomic mass is 9.88. The number of aromatic hydroxyl groups is 1. The zero-order valence-electron chi connectivity index (χ0n) is 14.8. The average Bonchev–Trinajstić information content (AvgIpc) is 2.70. The van der Waals surface area contributed by atoms with E-state index >= 15 is 4.39 Å². The van der Waals surface area contributed by atoms with Crippen LogP contribution in [-0.2, 0) is 0 Å². The van der Waals surface area contributed by atoms with Crippen LogP contribution in [0.25, 0.3) is 22.3 Å². The van der Waals surface area contributed by atoms with E-state index in [0.717, 1.165) is 24.3 Å². The summed E-state index contributed by atoms with van der Waals surface area (Å²) in [5, 5.41) is 12.7. The van der Waals surface area contributed by atoms with Crippen LogP contribution in [0.5, 0.6) is 5.75 Å². The molecule has 1 amide bonds. The minimum atomic E-state index is -1.05. The third-order valence-electron chi connectivity index (χ3n) is 4.27. The third-order valence-corrected chi connectivity index (χ3v) is 4.27. The highest BCUT2D eigenvalue weighted by atomic mass is 19.1. The molecule has 0 unspecified atom stereocenters. The van der Waals surface area contributed by atoms with E-state index in [0.29, 0.717) is 5.56 Å². The van der Waals surface area contributed by atoms with E-state index in [1.54, 1.807) is 0 Å². The molecule has 0 radical (unpaired) electrons. The maximum absolute atomic E-state index is 15.2. The SMILES string of the molecule is C=Nc1c(O)c(F)c(-c2ccc(F)cc2)c(-c2ccc(F)cc2)c1C(=O)NC. The molecule has 0 saturated heterocycles. The van der Waals surface area contributed by atoms with Crippen molar-refractivity contribution in [3.8, 4) is 28.0 Å². The molecule has 142 valence electrons. The Morgan fingerprint density at radius 1 is 0.929 bits per heavy atom. The minimum absolute atomic E-state index is 0.0728. The van der Waals surface area contributed by atoms with Crippen LogP contribution in [-0.4, -0.2) is 24.8 Å². The van der Waals surface area contributed by atoms with E-state index in [-0.39, 0.29) is 27.9 Å². The normalized spacial score (nSPS) is 10.6. The molecule has 0 heterocycles. The van der Waals surface area contributed by atoms with Gasteiger partial charge in [0, 0.05) is 18.2 Å². The van der Waals surface area contributed by atoms with Gasteiger partial charge in [0.15, 0.2) is 11.6 Å². The van der Waals surface area contributed by atoms with E-state index in [9.17, 15) is 18.7 Å². The number of hydrogen-bond donors (Lipinski definition) is 2. The highest BCUT2D eigenvalue weighted by Crippen LogP contribution is 2.47. The van der Waals surface area contributed by atoms with E-state index < -0.39 is 29.1 Å². The molecule has 0 atom stereocenters. The van der Waals surface area contributed by atoms with Crippen LogP contribution in [0.1, 0.15) is 10.4 Å². The Morgan fingerprint density at radius 3 is 1.82 bits per heavy atom. The second-order valence-electron chi connectivity index (χ2n) is 5.89. The third kappa shape index (κ3) is 3.22. The van der Waals surface area contributed by atoms with Gasteiger partial charge in [0.2, 0.25) is 0 Å². The zero-order chi connectivity index (χ0) is 20.4. The Hall–Kier alpha value is -3.61. The summed E-state index contributed by atoms with van der Waals surface area (Å²) in [5.74, 6) is -3.62. The molecule has 0 aliphatic heterocycles. The van der Waals surface area contributed by atoms with Crippen LogP contribution in [0, 0.1) is 17.5 Å². The number of benzene rings is 3. The van der Waals surface area contributed by atoms with Crippen molar-refractivity contribution in [2.24, 2.45) is 4.99 Å². The lowest BCUT2D eigenvalue weighted by Gasteiger charge is -2.19. The van der Waals surface area contributed by atoms with Crippen molar-refractivity contribution < 1.29 is 23.1 Å². The maximum Gasteiger partial charge on any atom is 0.254 e. The Balaban J connectivity index is 2.51. The topological polar surface area (TPSA) is 61.7 Å². The summed E-state index contributed by atoms with van der Waals surface area (Å²) in [6, 6.07) is 9.93. The first-order valence-electron chi connectivity index (χ1n) is 8.18. The number of rotatable bonds is 4. The maximum atomic E-state index is 15.2. The van der Waals surface area contributed by atoms with Crippen LogP contribution < -0.4 is 5.32 Å². The number of aliphatic imine (C=N–C) groups is 1. The monoisotopic (exact) mass is 384 g/mol. The summed E-state index contributed by atoms with van der Waals surface area (Å²) >= 11 is 0. The molecule has 0 fully saturated rings. The molecule has 28 heavy (non-hydrogen) atoms. The molecule has 3 aromatic carbocycles. The molecule has 0 bridgehead atoms. The predicted octanol–water partition coefficient (Wildman–Crippen LogP) is 4.84. The van der Waals surface area contributed by atoms with Crippen molar-refractivity contribution in [2.45, 2.75) is 0 Å². The molecule has 2 N–H and O–H groups in total. The Morgan fingerprint density at radius 2 is 1.39 bits per heavy atom. The fourth-order valence-electron chi connectivity index (χ4n) is 2.99. The van der Waals surface area contributed by atoms with Gasteiger partial charge in [-0.3, -0.25) is 9.79 Å². The summed E-state index contributed by atoms with van der Waals surface area (Å²) in [6.07, 6.45) is 0. The number of halogens is 3. The average molecular weight is 384 g/mol. The van der Waals surface area contributed by atoms with Crippen LogP contribution in [0.4, 0.5) is 18.9 Å². The first-order valence-corrected chi connectivity index (χ1v) is 8.18. The summed E-state index contributed by atoms with van der Waals surface area (Å²) < 4.78 is 42.0. The molecule has 0 spiro atoms. The minimum Gasteiger partial charge on any atom is -0.503 e. The molecule has 3 rings (SSSR count). The van der Waals surface area contributed by atoms with Gasteiger partial charge in [-0.1, -0.05) is 24.3 Å². The molecule has 0 aliphatic carbocycles. The van der Waals surface area contributed by atoms with E-state index in [4.69, 9.17) is 0 Å². The van der Waals surface area contributed by atoms with E-state index in [1.807, 2.05) is 0 Å². The van der Waals surface area contributed by atoms with Crippen LogP contribution in [0.15, 0.2) is 53.5 Å². The largest absolute Gasteiger partial charge is 0.503 e. The zero-order valence-corrected chi connectivity index (χ0v) is 14.8. The van der Waals surface area contributed by atoms with Crippen molar-refractivity contribution in [2.75, 3.05) is 7.05 Å². The highest BCUT2D eigenvalue weighted by molar-refractivity contribution is 6.10.